The third-order valence-corrected chi connectivity index (χ3v) is 2.36. The van der Waals surface area contributed by atoms with Crippen molar-refractivity contribution in [2.45, 2.75) is 0 Å². The summed E-state index contributed by atoms with van der Waals surface area (Å²) in [6, 6.07) is 8.71. The first-order valence-corrected chi connectivity index (χ1v) is 7.36. The van der Waals surface area contributed by atoms with Crippen molar-refractivity contribution in [1.29, 1.82) is 0 Å². The molecule has 22 heavy (non-hydrogen) atoms. The molecule has 0 aliphatic carbocycles. The molecule has 0 aliphatic rings. The summed E-state index contributed by atoms with van der Waals surface area (Å²) in [5.41, 5.74) is 10.6. The van der Waals surface area contributed by atoms with Gasteiger partial charge in [0.15, 0.2) is 0 Å². The number of aromatic hydroxyl groups is 1. The van der Waals surface area contributed by atoms with Crippen LogP contribution in [0.5, 0.6) is 5.75 Å². The maximum Gasteiger partial charge on any atom is 0.115 e. The van der Waals surface area contributed by atoms with Gasteiger partial charge in [0.1, 0.15) is 12.5 Å². The summed E-state index contributed by atoms with van der Waals surface area (Å²) in [4.78, 5) is 8.00. The predicted molar refractivity (Wildman–Crippen MR) is 91.9 cm³/mol. The summed E-state index contributed by atoms with van der Waals surface area (Å²) in [6.45, 7) is 9.15. The number of carbonyl (C=O) groups excluding carboxylic acids is 1. The molecular weight excluding hydrogens is 282 g/mol. The van der Waals surface area contributed by atoms with Gasteiger partial charge in [-0.25, -0.2) is 0 Å². The Hall–Kier alpha value is -1.51. The van der Waals surface area contributed by atoms with Crippen molar-refractivity contribution in [3.63, 3.8) is 0 Å². The number of rotatable bonds is 10. The minimum atomic E-state index is 0.322. The summed E-state index contributed by atoms with van der Waals surface area (Å²) in [5, 5.41) is 18.3. The van der Waals surface area contributed by atoms with Crippen LogP contribution in [0.2, 0.25) is 0 Å². The van der Waals surface area contributed by atoms with Gasteiger partial charge in [-0.1, -0.05) is 18.2 Å². The quantitative estimate of drug-likeness (QED) is 0.302. The zero-order valence-corrected chi connectivity index (χ0v) is 13.3. The van der Waals surface area contributed by atoms with Crippen LogP contribution >= 0.6 is 0 Å². The van der Waals surface area contributed by atoms with Gasteiger partial charge < -0.3 is 37.3 Å². The number of hydrogen-bond donors (Lipinski definition) is 6. The molecule has 0 unspecified atom stereocenters. The molecule has 7 nitrogen and oxygen atoms in total. The molecule has 8 N–H and O–H groups in total. The van der Waals surface area contributed by atoms with Crippen molar-refractivity contribution >= 4 is 6.79 Å². The van der Waals surface area contributed by atoms with E-state index in [0.29, 0.717) is 18.8 Å². The zero-order chi connectivity index (χ0) is 16.9. The highest BCUT2D eigenvalue weighted by atomic mass is 16.3. The molecule has 1 rings (SSSR count). The second-order valence-electron chi connectivity index (χ2n) is 4.16. The molecule has 0 spiro atoms. The molecule has 1 aromatic carbocycles. The van der Waals surface area contributed by atoms with Gasteiger partial charge in [0.05, 0.1) is 0 Å². The first-order valence-electron chi connectivity index (χ1n) is 7.36. The first-order chi connectivity index (χ1) is 10.8. The minimum Gasteiger partial charge on any atom is -0.508 e. The molecule has 0 fully saturated rings. The Morgan fingerprint density at radius 1 is 0.773 bits per heavy atom. The van der Waals surface area contributed by atoms with Gasteiger partial charge in [-0.05, 0) is 12.1 Å². The summed E-state index contributed by atoms with van der Waals surface area (Å²) < 4.78 is 0. The fourth-order valence-corrected chi connectivity index (χ4v) is 1.36. The number of phenols is 1. The molecule has 0 heterocycles. The number of phenolic OH excluding ortho intramolecular Hbond substituents is 1. The Bertz CT molecular complexity index is 291. The lowest BCUT2D eigenvalue weighted by atomic mass is 10.3. The van der Waals surface area contributed by atoms with E-state index in [9.17, 15) is 0 Å². The molecule has 0 saturated carbocycles. The highest BCUT2D eigenvalue weighted by Crippen LogP contribution is 2.02. The smallest absolute Gasteiger partial charge is 0.115 e. The van der Waals surface area contributed by atoms with Gasteiger partial charge >= 0.3 is 0 Å². The molecule has 0 saturated heterocycles. The van der Waals surface area contributed by atoms with Crippen LogP contribution in [-0.4, -0.2) is 64.3 Å². The second-order valence-corrected chi connectivity index (χ2v) is 4.16. The van der Waals surface area contributed by atoms with Crippen molar-refractivity contribution in [2.24, 2.45) is 11.5 Å². The van der Waals surface area contributed by atoms with Crippen molar-refractivity contribution in [2.75, 3.05) is 52.4 Å². The maximum absolute atomic E-state index is 8.63. The summed E-state index contributed by atoms with van der Waals surface area (Å²) in [6.07, 6.45) is 0. The van der Waals surface area contributed by atoms with E-state index in [1.165, 1.54) is 0 Å². The van der Waals surface area contributed by atoms with Crippen LogP contribution in [0.3, 0.4) is 0 Å². The van der Waals surface area contributed by atoms with Gasteiger partial charge in [-0.15, -0.1) is 0 Å². The summed E-state index contributed by atoms with van der Waals surface area (Å²) in [5.74, 6) is 0.322. The lowest BCUT2D eigenvalue weighted by molar-refractivity contribution is -0.0979. The maximum atomic E-state index is 8.63. The Labute approximate surface area is 133 Å². The molecule has 7 heteroatoms. The van der Waals surface area contributed by atoms with Crippen LogP contribution in [0.25, 0.3) is 0 Å². The van der Waals surface area contributed by atoms with Crippen LogP contribution in [0, 0.1) is 0 Å². The number of hydrogen-bond acceptors (Lipinski definition) is 7. The molecule has 0 aliphatic heterocycles. The van der Waals surface area contributed by atoms with Crippen molar-refractivity contribution in [3.05, 3.63) is 30.3 Å². The highest BCUT2D eigenvalue weighted by molar-refractivity contribution is 5.18. The van der Waals surface area contributed by atoms with Gasteiger partial charge in [-0.3, -0.25) is 0 Å². The summed E-state index contributed by atoms with van der Waals surface area (Å²) in [7, 11) is 0. The van der Waals surface area contributed by atoms with Gasteiger partial charge in [0.2, 0.25) is 0 Å². The molecule has 0 bridgehead atoms. The zero-order valence-electron chi connectivity index (χ0n) is 13.3. The number of nitrogens with two attached hydrogens (primary N) is 2. The van der Waals surface area contributed by atoms with Crippen LogP contribution < -0.4 is 27.4 Å². The normalized spacial score (nSPS) is 9.18. The van der Waals surface area contributed by atoms with Gasteiger partial charge in [-0.2, -0.15) is 0 Å². The van der Waals surface area contributed by atoms with E-state index >= 15 is 0 Å². The van der Waals surface area contributed by atoms with Gasteiger partial charge in [0, 0.05) is 52.4 Å². The van der Waals surface area contributed by atoms with E-state index < -0.39 is 0 Å². The predicted octanol–water partition coefficient (Wildman–Crippen LogP) is -1.12. The van der Waals surface area contributed by atoms with E-state index in [1.54, 1.807) is 24.3 Å². The SMILES string of the molecule is C=O.NCCNCCNCCNCCN.Oc1ccccc1. The number of nitrogens with one attached hydrogen (secondary N) is 3. The third-order valence-electron chi connectivity index (χ3n) is 2.36. The van der Waals surface area contributed by atoms with Crippen LogP contribution in [-0.2, 0) is 4.79 Å². The standard InChI is InChI=1S/C8H23N5.C6H6O.CH2O/c9-1-3-11-5-7-13-8-6-12-4-2-10;7-6-4-2-1-3-5-6;1-2/h11-13H,1-10H2;1-5,7H;1H2. The van der Waals surface area contributed by atoms with Gasteiger partial charge in [0.25, 0.3) is 0 Å². The lowest BCUT2D eigenvalue weighted by Gasteiger charge is -2.06. The van der Waals surface area contributed by atoms with Crippen molar-refractivity contribution < 1.29 is 9.90 Å². The Morgan fingerprint density at radius 2 is 1.14 bits per heavy atom. The number of carbonyl (C=O) groups is 1. The molecule has 1 aromatic rings. The largest absolute Gasteiger partial charge is 0.508 e. The monoisotopic (exact) mass is 313 g/mol. The minimum absolute atomic E-state index is 0.322. The van der Waals surface area contributed by atoms with Crippen LogP contribution in [0.4, 0.5) is 0 Å². The average Bonchev–Trinajstić information content (AvgIpc) is 2.57. The Kier molecular flexibility index (Phi) is 22.5. The van der Waals surface area contributed by atoms with E-state index in [0.717, 1.165) is 39.3 Å². The highest BCUT2D eigenvalue weighted by Gasteiger charge is 1.87. The van der Waals surface area contributed by atoms with Crippen LogP contribution in [0.15, 0.2) is 30.3 Å². The topological polar surface area (TPSA) is 125 Å². The number of para-hydroxylation sites is 1. The Morgan fingerprint density at radius 3 is 1.41 bits per heavy atom. The van der Waals surface area contributed by atoms with E-state index in [1.807, 2.05) is 12.9 Å². The fraction of sp³-hybridized carbons (Fsp3) is 0.533. The fourth-order valence-electron chi connectivity index (χ4n) is 1.36. The number of benzene rings is 1. The average molecular weight is 313 g/mol. The van der Waals surface area contributed by atoms with Crippen molar-refractivity contribution in [1.82, 2.24) is 16.0 Å². The molecular formula is C15H31N5O2. The van der Waals surface area contributed by atoms with E-state index in [4.69, 9.17) is 21.4 Å². The lowest BCUT2D eigenvalue weighted by Crippen LogP contribution is -2.35. The van der Waals surface area contributed by atoms with Crippen molar-refractivity contribution in [3.8, 4) is 5.75 Å². The summed E-state index contributed by atoms with van der Waals surface area (Å²) >= 11 is 0. The molecule has 128 valence electrons. The van der Waals surface area contributed by atoms with E-state index in [2.05, 4.69) is 16.0 Å². The molecule has 0 radical (unpaired) electrons. The molecule has 0 aromatic heterocycles. The Balaban J connectivity index is 0. The van der Waals surface area contributed by atoms with Crippen LogP contribution in [0.1, 0.15) is 0 Å². The molecule has 0 amide bonds. The third kappa shape index (κ3) is 20.8. The van der Waals surface area contributed by atoms with E-state index in [-0.39, 0.29) is 0 Å². The second kappa shape index (κ2) is 21.8. The molecule has 0 atom stereocenters. The first kappa shape index (κ1) is 22.8.